The van der Waals surface area contributed by atoms with Crippen molar-refractivity contribution in [2.45, 2.75) is 52.6 Å². The molecule has 0 unspecified atom stereocenters. The number of pyridine rings is 1. The van der Waals surface area contributed by atoms with Crippen molar-refractivity contribution in [1.82, 2.24) is 15.6 Å². The zero-order valence-corrected chi connectivity index (χ0v) is 20.1. The van der Waals surface area contributed by atoms with Gasteiger partial charge in [0.1, 0.15) is 5.82 Å². The van der Waals surface area contributed by atoms with Gasteiger partial charge in [0.25, 0.3) is 0 Å². The Labute approximate surface area is 190 Å². The van der Waals surface area contributed by atoms with Gasteiger partial charge in [-0.3, -0.25) is 0 Å². The summed E-state index contributed by atoms with van der Waals surface area (Å²) in [5.41, 5.74) is 1.14. The van der Waals surface area contributed by atoms with Gasteiger partial charge in [-0.05, 0) is 50.5 Å². The molecule has 1 fully saturated rings. The van der Waals surface area contributed by atoms with E-state index in [1.807, 2.05) is 17.5 Å². The number of aryl methyl sites for hydroxylation is 1. The van der Waals surface area contributed by atoms with Crippen LogP contribution in [0.3, 0.4) is 0 Å². The van der Waals surface area contributed by atoms with Gasteiger partial charge in [0.2, 0.25) is 0 Å². The van der Waals surface area contributed by atoms with E-state index in [1.165, 1.54) is 35.4 Å². The standard InChI is InChI=1S/C21H31N5S.HI/c1-3-22-21(25-16-19-10-8-17(2)27-19)24-15-18-9-11-20(23-14-18)26-12-6-4-5-7-13-26;/h8-11,14H,3-7,12-13,15-16H2,1-2H3,(H2,22,24,25);1H. The van der Waals surface area contributed by atoms with Crippen molar-refractivity contribution >= 4 is 47.1 Å². The average Bonchev–Trinajstić information content (AvgIpc) is 2.93. The smallest absolute Gasteiger partial charge is 0.191 e. The molecule has 2 aromatic rings. The van der Waals surface area contributed by atoms with Crippen LogP contribution < -0.4 is 15.5 Å². The molecule has 5 nitrogen and oxygen atoms in total. The van der Waals surface area contributed by atoms with Gasteiger partial charge in [-0.1, -0.05) is 18.9 Å². The second-order valence-corrected chi connectivity index (χ2v) is 8.36. The summed E-state index contributed by atoms with van der Waals surface area (Å²) in [7, 11) is 0. The largest absolute Gasteiger partial charge is 0.357 e. The van der Waals surface area contributed by atoms with Gasteiger partial charge in [0.05, 0.1) is 13.1 Å². The molecule has 0 spiro atoms. The minimum Gasteiger partial charge on any atom is -0.357 e. The van der Waals surface area contributed by atoms with E-state index in [4.69, 9.17) is 4.99 Å². The topological polar surface area (TPSA) is 52.6 Å². The quantitative estimate of drug-likeness (QED) is 0.334. The predicted octanol–water partition coefficient (Wildman–Crippen LogP) is 4.71. The van der Waals surface area contributed by atoms with Gasteiger partial charge in [-0.25, -0.2) is 9.98 Å². The second-order valence-electron chi connectivity index (χ2n) is 6.99. The van der Waals surface area contributed by atoms with Crippen LogP contribution in [-0.4, -0.2) is 30.6 Å². The van der Waals surface area contributed by atoms with Crippen LogP contribution in [0.2, 0.25) is 0 Å². The number of rotatable bonds is 6. The number of hydrogen-bond acceptors (Lipinski definition) is 4. The number of thiophene rings is 1. The third kappa shape index (κ3) is 7.24. The molecular weight excluding hydrogens is 481 g/mol. The monoisotopic (exact) mass is 513 g/mol. The summed E-state index contributed by atoms with van der Waals surface area (Å²) in [5, 5.41) is 6.73. The van der Waals surface area contributed by atoms with E-state index in [0.717, 1.165) is 43.5 Å². The van der Waals surface area contributed by atoms with E-state index >= 15 is 0 Å². The fourth-order valence-corrected chi connectivity index (χ4v) is 4.09. The Morgan fingerprint density at radius 1 is 1.11 bits per heavy atom. The van der Waals surface area contributed by atoms with E-state index in [1.54, 1.807) is 0 Å². The van der Waals surface area contributed by atoms with Crippen LogP contribution in [0.4, 0.5) is 5.82 Å². The highest BCUT2D eigenvalue weighted by Crippen LogP contribution is 2.18. The molecule has 1 saturated heterocycles. The van der Waals surface area contributed by atoms with Crippen LogP contribution in [0.15, 0.2) is 35.5 Å². The summed E-state index contributed by atoms with van der Waals surface area (Å²) in [6.45, 7) is 8.76. The summed E-state index contributed by atoms with van der Waals surface area (Å²) in [6.07, 6.45) is 7.20. The summed E-state index contributed by atoms with van der Waals surface area (Å²) >= 11 is 1.82. The fourth-order valence-electron chi connectivity index (χ4n) is 3.26. The lowest BCUT2D eigenvalue weighted by molar-refractivity contribution is 0.726. The van der Waals surface area contributed by atoms with Crippen molar-refractivity contribution in [2.24, 2.45) is 4.99 Å². The maximum Gasteiger partial charge on any atom is 0.191 e. The molecule has 1 aliphatic rings. The highest BCUT2D eigenvalue weighted by atomic mass is 127. The number of guanidine groups is 1. The Morgan fingerprint density at radius 2 is 1.89 bits per heavy atom. The lowest BCUT2D eigenvalue weighted by atomic mass is 10.2. The molecule has 3 rings (SSSR count). The van der Waals surface area contributed by atoms with Crippen molar-refractivity contribution in [3.05, 3.63) is 45.8 Å². The van der Waals surface area contributed by atoms with Gasteiger partial charge in [-0.2, -0.15) is 0 Å². The molecule has 0 amide bonds. The van der Waals surface area contributed by atoms with Gasteiger partial charge >= 0.3 is 0 Å². The molecule has 0 atom stereocenters. The molecule has 1 aliphatic heterocycles. The SMILES string of the molecule is CCNC(=NCc1ccc(N2CCCCCC2)nc1)NCc1ccc(C)s1.I. The minimum absolute atomic E-state index is 0. The first-order valence-corrected chi connectivity index (χ1v) is 10.8. The number of hydrogen-bond donors (Lipinski definition) is 2. The molecule has 28 heavy (non-hydrogen) atoms. The van der Waals surface area contributed by atoms with Crippen molar-refractivity contribution in [3.8, 4) is 0 Å². The van der Waals surface area contributed by atoms with E-state index in [-0.39, 0.29) is 24.0 Å². The first-order chi connectivity index (χ1) is 13.2. The van der Waals surface area contributed by atoms with E-state index in [9.17, 15) is 0 Å². The van der Waals surface area contributed by atoms with Crippen molar-refractivity contribution in [3.63, 3.8) is 0 Å². The highest BCUT2D eigenvalue weighted by Gasteiger charge is 2.10. The van der Waals surface area contributed by atoms with Crippen LogP contribution in [0.25, 0.3) is 0 Å². The third-order valence-electron chi connectivity index (χ3n) is 4.73. The Kier molecular flexibility index (Phi) is 10.0. The zero-order chi connectivity index (χ0) is 18.9. The molecule has 2 aromatic heterocycles. The van der Waals surface area contributed by atoms with Gasteiger partial charge < -0.3 is 15.5 Å². The Balaban J connectivity index is 0.00000280. The molecule has 0 aromatic carbocycles. The Hall–Kier alpha value is -1.35. The number of anilines is 1. The van der Waals surface area contributed by atoms with Crippen molar-refractivity contribution < 1.29 is 0 Å². The van der Waals surface area contributed by atoms with Crippen molar-refractivity contribution in [1.29, 1.82) is 0 Å². The Bertz CT molecular complexity index is 721. The molecule has 0 bridgehead atoms. The van der Waals surface area contributed by atoms with E-state index < -0.39 is 0 Å². The zero-order valence-electron chi connectivity index (χ0n) is 16.9. The number of nitrogens with zero attached hydrogens (tertiary/aromatic N) is 3. The number of halogens is 1. The second kappa shape index (κ2) is 12.3. The summed E-state index contributed by atoms with van der Waals surface area (Å²) in [6, 6.07) is 8.62. The van der Waals surface area contributed by atoms with Gasteiger partial charge in [0, 0.05) is 35.6 Å². The van der Waals surface area contributed by atoms with E-state index in [2.05, 4.69) is 58.6 Å². The van der Waals surface area contributed by atoms with Gasteiger partial charge in [0.15, 0.2) is 5.96 Å². The lowest BCUT2D eigenvalue weighted by Gasteiger charge is -2.21. The van der Waals surface area contributed by atoms with Crippen LogP contribution in [0.1, 0.15) is 47.9 Å². The van der Waals surface area contributed by atoms with E-state index in [0.29, 0.717) is 6.54 Å². The number of aromatic nitrogens is 1. The summed E-state index contributed by atoms with van der Waals surface area (Å²) in [4.78, 5) is 14.5. The number of aliphatic imine (C=N–C) groups is 1. The predicted molar refractivity (Wildman–Crippen MR) is 131 cm³/mol. The average molecular weight is 513 g/mol. The number of nitrogens with one attached hydrogen (secondary N) is 2. The minimum atomic E-state index is 0. The maximum absolute atomic E-state index is 4.71. The first kappa shape index (κ1) is 22.9. The normalized spacial score (nSPS) is 14.9. The molecular formula is C21H32IN5S. The molecule has 0 saturated carbocycles. The Morgan fingerprint density at radius 3 is 2.50 bits per heavy atom. The third-order valence-corrected chi connectivity index (χ3v) is 5.73. The molecule has 2 N–H and O–H groups in total. The van der Waals surface area contributed by atoms with Gasteiger partial charge in [-0.15, -0.1) is 35.3 Å². The summed E-state index contributed by atoms with van der Waals surface area (Å²) in [5.74, 6) is 1.95. The molecule has 0 aliphatic carbocycles. The van der Waals surface area contributed by atoms with Crippen molar-refractivity contribution in [2.75, 3.05) is 24.5 Å². The molecule has 154 valence electrons. The van der Waals surface area contributed by atoms with Crippen LogP contribution in [0, 0.1) is 6.92 Å². The molecule has 0 radical (unpaired) electrons. The first-order valence-electron chi connectivity index (χ1n) is 10.0. The fraction of sp³-hybridized carbons (Fsp3) is 0.524. The highest BCUT2D eigenvalue weighted by molar-refractivity contribution is 14.0. The molecule has 7 heteroatoms. The lowest BCUT2D eigenvalue weighted by Crippen LogP contribution is -2.36. The van der Waals surface area contributed by atoms with Crippen LogP contribution in [0.5, 0.6) is 0 Å². The molecule has 3 heterocycles. The summed E-state index contributed by atoms with van der Waals surface area (Å²) < 4.78 is 0. The van der Waals surface area contributed by atoms with Crippen LogP contribution in [-0.2, 0) is 13.1 Å². The van der Waals surface area contributed by atoms with Crippen LogP contribution >= 0.6 is 35.3 Å². The maximum atomic E-state index is 4.71.